The SMILES string of the molecule is Cc1ccc(CC(=O)N2CCN(c3cnn(-c4ccccc4)c(=O)c3N(C)CCc3ccccn3)CC2)cc1Cl. The fraction of sp³-hybridized carbons (Fsp3) is 0.290. The van der Waals surface area contributed by atoms with Crippen LogP contribution in [-0.4, -0.2) is 65.3 Å². The summed E-state index contributed by atoms with van der Waals surface area (Å²) in [6.45, 7) is 4.92. The number of amides is 1. The molecule has 3 heterocycles. The molecule has 0 unspecified atom stereocenters. The largest absolute Gasteiger partial charge is 0.368 e. The molecule has 0 atom stereocenters. The summed E-state index contributed by atoms with van der Waals surface area (Å²) in [5, 5.41) is 5.21. The lowest BCUT2D eigenvalue weighted by Gasteiger charge is -2.37. The van der Waals surface area contributed by atoms with Crippen LogP contribution in [0.15, 0.2) is 83.9 Å². The zero-order valence-electron chi connectivity index (χ0n) is 22.8. The smallest absolute Gasteiger partial charge is 0.297 e. The number of pyridine rings is 1. The standard InChI is InChI=1S/C31H33ClN6O2/c1-23-11-12-24(20-27(23)32)21-29(39)37-18-16-36(17-19-37)28-22-34-38(26-9-4-3-5-10-26)31(40)30(28)35(2)15-13-25-8-6-7-14-33-25/h3-12,14,20,22H,13,15-19,21H2,1-2H3. The Kier molecular flexibility index (Phi) is 8.45. The maximum Gasteiger partial charge on any atom is 0.297 e. The van der Waals surface area contributed by atoms with Crippen molar-refractivity contribution < 1.29 is 4.79 Å². The van der Waals surface area contributed by atoms with E-state index in [1.54, 1.807) is 12.4 Å². The predicted octanol–water partition coefficient (Wildman–Crippen LogP) is 4.16. The Hall–Kier alpha value is -4.17. The summed E-state index contributed by atoms with van der Waals surface area (Å²) in [4.78, 5) is 37.4. The number of hydrogen-bond acceptors (Lipinski definition) is 6. The van der Waals surface area contributed by atoms with Crippen molar-refractivity contribution in [2.75, 3.05) is 49.6 Å². The molecule has 0 saturated carbocycles. The summed E-state index contributed by atoms with van der Waals surface area (Å²) in [6, 6.07) is 21.1. The molecule has 1 aliphatic rings. The van der Waals surface area contributed by atoms with Crippen molar-refractivity contribution in [2.45, 2.75) is 19.8 Å². The second-order valence-corrected chi connectivity index (χ2v) is 10.5. The Morgan fingerprint density at radius 1 is 1.00 bits per heavy atom. The lowest BCUT2D eigenvalue weighted by atomic mass is 10.1. The Morgan fingerprint density at radius 2 is 1.75 bits per heavy atom. The summed E-state index contributed by atoms with van der Waals surface area (Å²) in [5.41, 5.74) is 4.77. The van der Waals surface area contributed by atoms with E-state index in [4.69, 9.17) is 11.6 Å². The summed E-state index contributed by atoms with van der Waals surface area (Å²) in [6.07, 6.45) is 4.57. The molecule has 206 valence electrons. The van der Waals surface area contributed by atoms with Crippen LogP contribution in [0.4, 0.5) is 11.4 Å². The van der Waals surface area contributed by atoms with Gasteiger partial charge in [-0.25, -0.2) is 0 Å². The summed E-state index contributed by atoms with van der Waals surface area (Å²) >= 11 is 6.26. The minimum Gasteiger partial charge on any atom is -0.368 e. The van der Waals surface area contributed by atoms with E-state index in [0.717, 1.165) is 22.5 Å². The normalized spacial score (nSPS) is 13.4. The minimum absolute atomic E-state index is 0.0740. The molecule has 40 heavy (non-hydrogen) atoms. The molecular weight excluding hydrogens is 524 g/mol. The summed E-state index contributed by atoms with van der Waals surface area (Å²) in [5.74, 6) is 0.0740. The van der Waals surface area contributed by atoms with Gasteiger partial charge < -0.3 is 14.7 Å². The van der Waals surface area contributed by atoms with Crippen LogP contribution in [-0.2, 0) is 17.6 Å². The zero-order chi connectivity index (χ0) is 28.1. The van der Waals surface area contributed by atoms with Crippen molar-refractivity contribution in [3.05, 3.63) is 111 Å². The lowest BCUT2D eigenvalue weighted by Crippen LogP contribution is -2.50. The Labute approximate surface area is 239 Å². The number of halogens is 1. The molecule has 9 heteroatoms. The summed E-state index contributed by atoms with van der Waals surface area (Å²) < 4.78 is 1.45. The van der Waals surface area contributed by atoms with Crippen molar-refractivity contribution in [3.63, 3.8) is 0 Å². The van der Waals surface area contributed by atoms with Gasteiger partial charge in [0.1, 0.15) is 5.69 Å². The monoisotopic (exact) mass is 556 g/mol. The molecule has 4 aromatic rings. The maximum absolute atomic E-state index is 13.9. The van der Waals surface area contributed by atoms with Crippen molar-refractivity contribution in [3.8, 4) is 5.69 Å². The number of piperazine rings is 1. The number of nitrogens with zero attached hydrogens (tertiary/aromatic N) is 6. The van der Waals surface area contributed by atoms with Gasteiger partial charge in [0.05, 0.1) is 24.0 Å². The van der Waals surface area contributed by atoms with Gasteiger partial charge in [-0.15, -0.1) is 0 Å². The molecule has 0 N–H and O–H groups in total. The zero-order valence-corrected chi connectivity index (χ0v) is 23.6. The predicted molar refractivity (Wildman–Crippen MR) is 160 cm³/mol. The van der Waals surface area contributed by atoms with E-state index in [1.807, 2.05) is 90.5 Å². The minimum atomic E-state index is -0.179. The number of rotatable bonds is 8. The van der Waals surface area contributed by atoms with Crippen molar-refractivity contribution in [1.29, 1.82) is 0 Å². The van der Waals surface area contributed by atoms with Crippen LogP contribution in [0.5, 0.6) is 0 Å². The Morgan fingerprint density at radius 3 is 2.45 bits per heavy atom. The van der Waals surface area contributed by atoms with Gasteiger partial charge >= 0.3 is 0 Å². The van der Waals surface area contributed by atoms with Crippen LogP contribution in [0.25, 0.3) is 5.69 Å². The Bertz CT molecular complexity index is 1520. The van der Waals surface area contributed by atoms with Gasteiger partial charge in [0.2, 0.25) is 5.91 Å². The molecule has 2 aromatic heterocycles. The lowest BCUT2D eigenvalue weighted by molar-refractivity contribution is -0.130. The van der Waals surface area contributed by atoms with E-state index in [2.05, 4.69) is 15.0 Å². The number of aryl methyl sites for hydroxylation is 1. The van der Waals surface area contributed by atoms with Gasteiger partial charge in [0.25, 0.3) is 5.56 Å². The van der Waals surface area contributed by atoms with Crippen LogP contribution in [0.3, 0.4) is 0 Å². The first-order valence-corrected chi connectivity index (χ1v) is 13.8. The van der Waals surface area contributed by atoms with E-state index in [1.165, 1.54) is 4.68 Å². The average molecular weight is 557 g/mol. The van der Waals surface area contributed by atoms with E-state index in [9.17, 15) is 9.59 Å². The number of anilines is 2. The van der Waals surface area contributed by atoms with Crippen LogP contribution in [0.2, 0.25) is 5.02 Å². The number of benzene rings is 2. The quantitative estimate of drug-likeness (QED) is 0.324. The highest BCUT2D eigenvalue weighted by molar-refractivity contribution is 6.31. The second kappa shape index (κ2) is 12.3. The van der Waals surface area contributed by atoms with Gasteiger partial charge in [-0.05, 0) is 48.4 Å². The van der Waals surface area contributed by atoms with Crippen LogP contribution in [0.1, 0.15) is 16.8 Å². The van der Waals surface area contributed by atoms with E-state index >= 15 is 0 Å². The third-order valence-corrected chi connectivity index (χ3v) is 7.72. The molecule has 0 bridgehead atoms. The third-order valence-electron chi connectivity index (χ3n) is 7.31. The molecule has 2 aromatic carbocycles. The van der Waals surface area contributed by atoms with Crippen molar-refractivity contribution in [2.24, 2.45) is 0 Å². The molecule has 8 nitrogen and oxygen atoms in total. The average Bonchev–Trinajstić information content (AvgIpc) is 2.98. The van der Waals surface area contributed by atoms with Gasteiger partial charge in [-0.3, -0.25) is 14.6 Å². The van der Waals surface area contributed by atoms with Gasteiger partial charge in [0.15, 0.2) is 0 Å². The molecule has 0 radical (unpaired) electrons. The number of carbonyl (C=O) groups excluding carboxylic acids is 1. The number of carbonyl (C=O) groups is 1. The molecule has 5 rings (SSSR count). The number of aromatic nitrogens is 3. The highest BCUT2D eigenvalue weighted by atomic mass is 35.5. The fourth-order valence-corrected chi connectivity index (χ4v) is 5.15. The number of likely N-dealkylation sites (N-methyl/N-ethyl adjacent to an activating group) is 1. The topological polar surface area (TPSA) is 74.6 Å². The highest BCUT2D eigenvalue weighted by Gasteiger charge is 2.26. The molecule has 0 aliphatic carbocycles. The number of hydrogen-bond donors (Lipinski definition) is 0. The Balaban J connectivity index is 1.35. The molecule has 1 fully saturated rings. The van der Waals surface area contributed by atoms with Crippen molar-refractivity contribution in [1.82, 2.24) is 19.7 Å². The molecular formula is C31H33ClN6O2. The van der Waals surface area contributed by atoms with Gasteiger partial charge in [0, 0.05) is 63.1 Å². The molecule has 1 amide bonds. The first-order chi connectivity index (χ1) is 19.4. The van der Waals surface area contributed by atoms with E-state index < -0.39 is 0 Å². The van der Waals surface area contributed by atoms with Crippen LogP contribution in [0, 0.1) is 6.92 Å². The van der Waals surface area contributed by atoms with E-state index in [-0.39, 0.29) is 11.5 Å². The third kappa shape index (κ3) is 6.18. The molecule has 1 aliphatic heterocycles. The summed E-state index contributed by atoms with van der Waals surface area (Å²) in [7, 11) is 1.94. The van der Waals surface area contributed by atoms with Gasteiger partial charge in [-0.2, -0.15) is 9.78 Å². The maximum atomic E-state index is 13.9. The highest BCUT2D eigenvalue weighted by Crippen LogP contribution is 2.26. The van der Waals surface area contributed by atoms with Crippen molar-refractivity contribution >= 4 is 28.9 Å². The van der Waals surface area contributed by atoms with Gasteiger partial charge in [-0.1, -0.05) is 48.0 Å². The molecule has 0 spiro atoms. The van der Waals surface area contributed by atoms with Crippen LogP contribution >= 0.6 is 11.6 Å². The fourth-order valence-electron chi connectivity index (χ4n) is 4.95. The first-order valence-electron chi connectivity index (χ1n) is 13.5. The first kappa shape index (κ1) is 27.4. The number of para-hydroxylation sites is 1. The van der Waals surface area contributed by atoms with E-state index in [0.29, 0.717) is 62.0 Å². The molecule has 1 saturated heterocycles. The van der Waals surface area contributed by atoms with Crippen LogP contribution < -0.4 is 15.4 Å². The second-order valence-electron chi connectivity index (χ2n) is 10.1.